The minimum Gasteiger partial charge on any atom is -0.456 e. The Bertz CT molecular complexity index is 558. The maximum atomic E-state index is 10.4. The average molecular weight is 268 g/mol. The van der Waals surface area contributed by atoms with Crippen LogP contribution >= 0.6 is 23.2 Å². The lowest BCUT2D eigenvalue weighted by atomic mass is 10.3. The third-order valence-corrected chi connectivity index (χ3v) is 2.70. The molecule has 0 spiro atoms. The number of hydrogen-bond acceptors (Lipinski definition) is 3. The van der Waals surface area contributed by atoms with E-state index in [1.54, 1.807) is 18.2 Å². The zero-order valence-corrected chi connectivity index (χ0v) is 10.1. The quantitative estimate of drug-likeness (QED) is 0.719. The standard InChI is InChI=1S/C12H7Cl2NO2/c13-9-3-1-2-4-12(9)17-8-5-6-11(15-16)10(14)7-8/h1-7H. The van der Waals surface area contributed by atoms with Crippen LogP contribution in [0.2, 0.25) is 10.0 Å². The van der Waals surface area contributed by atoms with Crippen molar-refractivity contribution < 1.29 is 4.74 Å². The summed E-state index contributed by atoms with van der Waals surface area (Å²) in [7, 11) is 0. The molecular weight excluding hydrogens is 261 g/mol. The Labute approximate surface area is 108 Å². The zero-order chi connectivity index (χ0) is 12.3. The fourth-order valence-corrected chi connectivity index (χ4v) is 1.66. The summed E-state index contributed by atoms with van der Waals surface area (Å²) in [5, 5.41) is 3.51. The van der Waals surface area contributed by atoms with E-state index in [1.165, 1.54) is 12.1 Å². The molecule has 2 aromatic carbocycles. The molecule has 86 valence electrons. The van der Waals surface area contributed by atoms with Crippen LogP contribution in [0.1, 0.15) is 0 Å². The second-order valence-electron chi connectivity index (χ2n) is 3.24. The van der Waals surface area contributed by atoms with Gasteiger partial charge in [-0.3, -0.25) is 0 Å². The van der Waals surface area contributed by atoms with Crippen molar-refractivity contribution in [1.82, 2.24) is 0 Å². The monoisotopic (exact) mass is 267 g/mol. The molecule has 17 heavy (non-hydrogen) atoms. The van der Waals surface area contributed by atoms with Crippen LogP contribution in [0.4, 0.5) is 5.69 Å². The second-order valence-corrected chi connectivity index (χ2v) is 4.05. The third-order valence-electron chi connectivity index (χ3n) is 2.08. The Morgan fingerprint density at radius 2 is 1.76 bits per heavy atom. The van der Waals surface area contributed by atoms with Gasteiger partial charge in [0, 0.05) is 6.07 Å². The Balaban J connectivity index is 2.28. The van der Waals surface area contributed by atoms with Crippen molar-refractivity contribution in [3.8, 4) is 11.5 Å². The molecular formula is C12H7Cl2NO2. The van der Waals surface area contributed by atoms with E-state index >= 15 is 0 Å². The molecule has 2 aromatic rings. The maximum Gasteiger partial charge on any atom is 0.146 e. The van der Waals surface area contributed by atoms with Crippen LogP contribution in [0.25, 0.3) is 0 Å². The first-order valence-electron chi connectivity index (χ1n) is 4.76. The van der Waals surface area contributed by atoms with E-state index in [0.29, 0.717) is 16.5 Å². The number of benzene rings is 2. The molecule has 0 radical (unpaired) electrons. The van der Waals surface area contributed by atoms with Crippen LogP contribution in [-0.4, -0.2) is 0 Å². The Morgan fingerprint density at radius 3 is 2.41 bits per heavy atom. The summed E-state index contributed by atoms with van der Waals surface area (Å²) in [5.74, 6) is 1.02. The largest absolute Gasteiger partial charge is 0.456 e. The van der Waals surface area contributed by atoms with Crippen LogP contribution < -0.4 is 4.74 Å². The molecule has 3 nitrogen and oxygen atoms in total. The van der Waals surface area contributed by atoms with Crippen molar-refractivity contribution in [1.29, 1.82) is 0 Å². The number of nitrogens with zero attached hydrogens (tertiary/aromatic N) is 1. The summed E-state index contributed by atoms with van der Waals surface area (Å²) in [6.07, 6.45) is 0. The topological polar surface area (TPSA) is 38.7 Å². The molecule has 0 unspecified atom stereocenters. The van der Waals surface area contributed by atoms with Gasteiger partial charge in [-0.05, 0) is 29.4 Å². The molecule has 5 heteroatoms. The van der Waals surface area contributed by atoms with E-state index in [1.807, 2.05) is 12.1 Å². The maximum absolute atomic E-state index is 10.4. The number of ether oxygens (including phenoxy) is 1. The summed E-state index contributed by atoms with van der Waals surface area (Å²) in [6.45, 7) is 0. The number of hydrogen-bond donors (Lipinski definition) is 0. The summed E-state index contributed by atoms with van der Waals surface area (Å²) < 4.78 is 5.53. The number of nitroso groups, excluding NO2 is 1. The van der Waals surface area contributed by atoms with E-state index in [2.05, 4.69) is 5.18 Å². The fraction of sp³-hybridized carbons (Fsp3) is 0. The minimum atomic E-state index is 0.179. The average Bonchev–Trinajstić information content (AvgIpc) is 2.32. The highest BCUT2D eigenvalue weighted by molar-refractivity contribution is 6.33. The van der Waals surface area contributed by atoms with Crippen LogP contribution in [0.5, 0.6) is 11.5 Å². The van der Waals surface area contributed by atoms with Gasteiger partial charge < -0.3 is 4.74 Å². The molecule has 0 saturated carbocycles. The SMILES string of the molecule is O=Nc1ccc(Oc2ccccc2Cl)cc1Cl. The van der Waals surface area contributed by atoms with Gasteiger partial charge in [0.15, 0.2) is 0 Å². The molecule has 0 heterocycles. The third kappa shape index (κ3) is 2.75. The number of rotatable bonds is 3. The lowest BCUT2D eigenvalue weighted by Crippen LogP contribution is -1.84. The van der Waals surface area contributed by atoms with Crippen molar-refractivity contribution in [2.45, 2.75) is 0 Å². The van der Waals surface area contributed by atoms with Crippen LogP contribution in [0.3, 0.4) is 0 Å². The van der Waals surface area contributed by atoms with Gasteiger partial charge >= 0.3 is 0 Å². The molecule has 0 atom stereocenters. The van der Waals surface area contributed by atoms with E-state index < -0.39 is 0 Å². The van der Waals surface area contributed by atoms with E-state index in [-0.39, 0.29) is 10.7 Å². The Kier molecular flexibility index (Phi) is 3.61. The predicted octanol–water partition coefficient (Wildman–Crippen LogP) is 5.18. The van der Waals surface area contributed by atoms with Gasteiger partial charge in [0.05, 0.1) is 10.0 Å². The summed E-state index contributed by atoms with van der Waals surface area (Å²) in [4.78, 5) is 10.4. The lowest BCUT2D eigenvalue weighted by molar-refractivity contribution is 0.483. The smallest absolute Gasteiger partial charge is 0.146 e. The van der Waals surface area contributed by atoms with Gasteiger partial charge in [-0.1, -0.05) is 35.3 Å². The summed E-state index contributed by atoms with van der Waals surface area (Å²) in [6, 6.07) is 11.7. The lowest BCUT2D eigenvalue weighted by Gasteiger charge is -2.07. The molecule has 0 bridgehead atoms. The minimum absolute atomic E-state index is 0.179. The Morgan fingerprint density at radius 1 is 1.00 bits per heavy atom. The van der Waals surface area contributed by atoms with Crippen molar-refractivity contribution in [3.05, 3.63) is 57.4 Å². The van der Waals surface area contributed by atoms with Gasteiger partial charge in [0.25, 0.3) is 0 Å². The number of para-hydroxylation sites is 1. The molecule has 0 aliphatic carbocycles. The molecule has 0 fully saturated rings. The number of halogens is 2. The van der Waals surface area contributed by atoms with Crippen molar-refractivity contribution in [3.63, 3.8) is 0 Å². The van der Waals surface area contributed by atoms with Crippen LogP contribution in [0, 0.1) is 4.91 Å². The molecule has 0 saturated heterocycles. The molecule has 2 rings (SSSR count). The first-order chi connectivity index (χ1) is 8.20. The van der Waals surface area contributed by atoms with Crippen LogP contribution in [0.15, 0.2) is 47.6 Å². The molecule has 0 aliphatic rings. The van der Waals surface area contributed by atoms with Crippen molar-refractivity contribution in [2.75, 3.05) is 0 Å². The summed E-state index contributed by atoms with van der Waals surface area (Å²) in [5.41, 5.74) is 0.179. The highest BCUT2D eigenvalue weighted by Gasteiger charge is 2.05. The first-order valence-corrected chi connectivity index (χ1v) is 5.51. The first kappa shape index (κ1) is 11.9. The van der Waals surface area contributed by atoms with Crippen molar-refractivity contribution >= 4 is 28.9 Å². The van der Waals surface area contributed by atoms with Crippen molar-refractivity contribution in [2.24, 2.45) is 5.18 Å². The molecule has 0 amide bonds. The highest BCUT2D eigenvalue weighted by atomic mass is 35.5. The molecule has 0 aliphatic heterocycles. The molecule has 0 aromatic heterocycles. The van der Waals surface area contributed by atoms with Gasteiger partial charge in [-0.2, -0.15) is 0 Å². The van der Waals surface area contributed by atoms with E-state index in [9.17, 15) is 4.91 Å². The molecule has 0 N–H and O–H groups in total. The Hall–Kier alpha value is -1.58. The summed E-state index contributed by atoms with van der Waals surface area (Å²) >= 11 is 11.8. The second kappa shape index (κ2) is 5.17. The normalized spacial score (nSPS) is 10.0. The van der Waals surface area contributed by atoms with Gasteiger partial charge in [-0.25, -0.2) is 0 Å². The van der Waals surface area contributed by atoms with E-state index in [4.69, 9.17) is 27.9 Å². The fourth-order valence-electron chi connectivity index (χ4n) is 1.28. The van der Waals surface area contributed by atoms with Gasteiger partial charge in [0.2, 0.25) is 0 Å². The predicted molar refractivity (Wildman–Crippen MR) is 68.4 cm³/mol. The van der Waals surface area contributed by atoms with E-state index in [0.717, 1.165) is 0 Å². The van der Waals surface area contributed by atoms with Gasteiger partial charge in [0.1, 0.15) is 17.2 Å². The van der Waals surface area contributed by atoms with Gasteiger partial charge in [-0.15, -0.1) is 4.91 Å². The highest BCUT2D eigenvalue weighted by Crippen LogP contribution is 2.33. The van der Waals surface area contributed by atoms with Crippen LogP contribution in [-0.2, 0) is 0 Å². The zero-order valence-electron chi connectivity index (χ0n) is 8.56.